The summed E-state index contributed by atoms with van der Waals surface area (Å²) >= 11 is 0. The van der Waals surface area contributed by atoms with Crippen LogP contribution >= 0.6 is 15.6 Å². The maximum atomic E-state index is 13.2. The molecule has 7 rings (SSSR count). The van der Waals surface area contributed by atoms with Gasteiger partial charge in [-0.3, -0.25) is 32.4 Å². The minimum Gasteiger partial charge on any atom is -0.387 e. The lowest BCUT2D eigenvalue weighted by molar-refractivity contribution is -0.0669. The first kappa shape index (κ1) is 29.4. The molecule has 3 aliphatic rings. The van der Waals surface area contributed by atoms with Crippen molar-refractivity contribution in [3.05, 3.63) is 35.3 Å². The van der Waals surface area contributed by atoms with E-state index in [1.165, 1.54) is 6.33 Å². The first-order chi connectivity index (χ1) is 20.9. The number of phosphoric ester groups is 2. The molecule has 0 amide bonds. The molecule has 0 radical (unpaired) electrons. The van der Waals surface area contributed by atoms with Crippen molar-refractivity contribution in [2.75, 3.05) is 24.7 Å². The average Bonchev–Trinajstić information content (AvgIpc) is 3.72. The topological polar surface area (TPSA) is 297 Å². The molecule has 0 aliphatic carbocycles. The van der Waals surface area contributed by atoms with Crippen molar-refractivity contribution >= 4 is 49.6 Å². The average molecular weight is 657 g/mol. The van der Waals surface area contributed by atoms with E-state index in [0.717, 1.165) is 10.9 Å². The first-order valence-electron chi connectivity index (χ1n) is 13.0. The van der Waals surface area contributed by atoms with Crippen LogP contribution in [-0.4, -0.2) is 92.7 Å². The zero-order valence-electron chi connectivity index (χ0n) is 22.2. The standard InChI is InChI=1S/C21H25N9O12P2/c22-16-8-1-2-29(17(8)25-6-24-16)12-3-9-10(39-12)4-37-44(35,36)42-15-14(31)11(5-38-43(33,34)41-9)40-20(15)30-7-26-13-18(30)27-21(23)28-19(13)32/h1-2,6-7,9-12,14-15,20,31H,3-5H2,(H,33,34)(H,35,36)(H2,22,24,25)(H3,23,27,28,32)/t9-,10-,11-,12-,14+,15?,20-/m1/s1. The molecule has 7 heterocycles. The van der Waals surface area contributed by atoms with Gasteiger partial charge in [0.2, 0.25) is 5.95 Å². The van der Waals surface area contributed by atoms with Crippen molar-refractivity contribution in [3.8, 4) is 0 Å². The molecule has 3 fully saturated rings. The van der Waals surface area contributed by atoms with E-state index in [2.05, 4.69) is 24.9 Å². The Morgan fingerprint density at radius 3 is 2.50 bits per heavy atom. The van der Waals surface area contributed by atoms with Gasteiger partial charge >= 0.3 is 15.6 Å². The number of H-pyrrole nitrogens is 1. The number of aliphatic hydroxyl groups is 1. The van der Waals surface area contributed by atoms with Gasteiger partial charge in [-0.15, -0.1) is 0 Å². The van der Waals surface area contributed by atoms with Crippen LogP contribution in [0.4, 0.5) is 11.8 Å². The van der Waals surface area contributed by atoms with Crippen molar-refractivity contribution in [1.82, 2.24) is 34.1 Å². The maximum Gasteiger partial charge on any atom is 0.472 e. The lowest BCUT2D eigenvalue weighted by atomic mass is 10.1. The Balaban J connectivity index is 1.19. The molecule has 44 heavy (non-hydrogen) atoms. The molecule has 4 aromatic heterocycles. The zero-order chi connectivity index (χ0) is 31.0. The molecule has 0 spiro atoms. The van der Waals surface area contributed by atoms with Gasteiger partial charge in [0.25, 0.3) is 5.56 Å². The third kappa shape index (κ3) is 5.21. The second-order valence-corrected chi connectivity index (χ2v) is 13.0. The van der Waals surface area contributed by atoms with Crippen molar-refractivity contribution in [1.29, 1.82) is 0 Å². The van der Waals surface area contributed by atoms with Crippen LogP contribution in [0.25, 0.3) is 22.2 Å². The molecule has 3 unspecified atom stereocenters. The second kappa shape index (κ2) is 10.6. The molecular weight excluding hydrogens is 632 g/mol. The minimum absolute atomic E-state index is 0.0254. The Labute approximate surface area is 244 Å². The van der Waals surface area contributed by atoms with Gasteiger partial charge in [0.15, 0.2) is 17.4 Å². The number of hydrogen-bond donors (Lipinski definition) is 6. The zero-order valence-corrected chi connectivity index (χ0v) is 24.0. The lowest BCUT2D eigenvalue weighted by Crippen LogP contribution is -2.35. The number of hydrogen-bond acceptors (Lipinski definition) is 16. The van der Waals surface area contributed by atoms with Gasteiger partial charge in [-0.1, -0.05) is 0 Å². The van der Waals surface area contributed by atoms with Gasteiger partial charge < -0.3 is 40.4 Å². The molecule has 23 heteroatoms. The van der Waals surface area contributed by atoms with E-state index >= 15 is 0 Å². The van der Waals surface area contributed by atoms with Gasteiger partial charge in [0, 0.05) is 12.6 Å². The monoisotopic (exact) mass is 657 g/mol. The Morgan fingerprint density at radius 2 is 1.70 bits per heavy atom. The Bertz CT molecular complexity index is 1900. The van der Waals surface area contributed by atoms with E-state index in [4.69, 9.17) is 39.0 Å². The second-order valence-electron chi connectivity index (χ2n) is 10.2. The Hall–Kier alpha value is -3.33. The number of nitrogens with two attached hydrogens (primary N) is 2. The predicted molar refractivity (Wildman–Crippen MR) is 144 cm³/mol. The van der Waals surface area contributed by atoms with E-state index < -0.39 is 77.4 Å². The van der Waals surface area contributed by atoms with Crippen molar-refractivity contribution in [2.45, 2.75) is 49.4 Å². The molecule has 3 saturated heterocycles. The summed E-state index contributed by atoms with van der Waals surface area (Å²) in [5.74, 6) is -0.0299. The molecule has 21 nitrogen and oxygen atoms in total. The van der Waals surface area contributed by atoms with Crippen molar-refractivity contribution in [3.63, 3.8) is 0 Å². The SMILES string of the molecule is Nc1nc2c(ncn2[C@@H]2O[C@@H]3COP(=O)(O)O[C@@H]4C[C@H](n5ccc6c(N)ncnc65)O[C@@H]4COP(=O)(O)OC2[C@H]3O)c(=O)[nH]1. The number of rotatable bonds is 2. The van der Waals surface area contributed by atoms with Gasteiger partial charge in [-0.25, -0.2) is 24.1 Å². The minimum atomic E-state index is -5.00. The molecule has 9 atom stereocenters. The number of nitrogen functional groups attached to an aromatic ring is 2. The van der Waals surface area contributed by atoms with Gasteiger partial charge in [-0.05, 0) is 6.07 Å². The van der Waals surface area contributed by atoms with Crippen LogP contribution in [0.1, 0.15) is 18.9 Å². The number of ether oxygens (including phenoxy) is 2. The quantitative estimate of drug-likeness (QED) is 0.145. The molecule has 8 N–H and O–H groups in total. The highest BCUT2D eigenvalue weighted by Gasteiger charge is 2.52. The van der Waals surface area contributed by atoms with Gasteiger partial charge in [0.1, 0.15) is 54.5 Å². The van der Waals surface area contributed by atoms with Crippen LogP contribution < -0.4 is 17.0 Å². The van der Waals surface area contributed by atoms with E-state index in [-0.39, 0.29) is 29.4 Å². The van der Waals surface area contributed by atoms with Crippen LogP contribution in [0.5, 0.6) is 0 Å². The van der Waals surface area contributed by atoms with Gasteiger partial charge in [-0.2, -0.15) is 4.98 Å². The highest BCUT2D eigenvalue weighted by Crippen LogP contribution is 2.53. The molecular formula is C21H25N9O12P2. The molecule has 4 aromatic rings. The molecule has 236 valence electrons. The summed E-state index contributed by atoms with van der Waals surface area (Å²) in [4.78, 5) is 52.0. The number of aliphatic hydroxyl groups excluding tert-OH is 1. The van der Waals surface area contributed by atoms with Crippen molar-refractivity contribution in [2.24, 2.45) is 0 Å². The first-order valence-corrected chi connectivity index (χ1v) is 16.0. The maximum absolute atomic E-state index is 13.2. The normalized spacial score (nSPS) is 36.6. The van der Waals surface area contributed by atoms with Crippen LogP contribution in [-0.2, 0) is 36.7 Å². The van der Waals surface area contributed by atoms with Crippen molar-refractivity contribution < 1.29 is 51.6 Å². The molecule has 0 aromatic carbocycles. The predicted octanol–water partition coefficient (Wildman–Crippen LogP) is -0.707. The fraction of sp³-hybridized carbons (Fsp3) is 0.476. The summed E-state index contributed by atoms with van der Waals surface area (Å²) in [6.45, 7) is -1.37. The fourth-order valence-corrected chi connectivity index (χ4v) is 7.29. The van der Waals surface area contributed by atoms with Crippen LogP contribution in [0, 0.1) is 0 Å². The largest absolute Gasteiger partial charge is 0.472 e. The summed E-state index contributed by atoms with van der Waals surface area (Å²) in [6.07, 6.45) is -5.38. The van der Waals surface area contributed by atoms with Crippen LogP contribution in [0.15, 0.2) is 29.7 Å². The Kier molecular flexibility index (Phi) is 7.11. The van der Waals surface area contributed by atoms with E-state index in [0.29, 0.717) is 11.0 Å². The number of fused-ring (bicyclic) bond motifs is 5. The third-order valence-electron chi connectivity index (χ3n) is 7.40. The number of nitrogens with zero attached hydrogens (tertiary/aromatic N) is 6. The molecule has 3 aliphatic heterocycles. The summed E-state index contributed by atoms with van der Waals surface area (Å²) < 4.78 is 62.0. The Morgan fingerprint density at radius 1 is 0.955 bits per heavy atom. The number of nitrogens with one attached hydrogen (secondary N) is 1. The van der Waals surface area contributed by atoms with E-state index in [9.17, 15) is 28.8 Å². The highest BCUT2D eigenvalue weighted by molar-refractivity contribution is 7.47. The molecule has 2 bridgehead atoms. The van der Waals surface area contributed by atoms with E-state index in [1.807, 2.05) is 0 Å². The summed E-state index contributed by atoms with van der Waals surface area (Å²) in [7, 11) is -9.85. The lowest BCUT2D eigenvalue weighted by Gasteiger charge is -2.25. The summed E-state index contributed by atoms with van der Waals surface area (Å²) in [5.41, 5.74) is 11.1. The van der Waals surface area contributed by atoms with E-state index in [1.54, 1.807) is 16.8 Å². The highest BCUT2D eigenvalue weighted by atomic mass is 31.2. The number of aromatic amines is 1. The third-order valence-corrected chi connectivity index (χ3v) is 9.39. The number of imidazole rings is 1. The number of phosphoric acid groups is 2. The number of aromatic nitrogens is 7. The smallest absolute Gasteiger partial charge is 0.387 e. The molecule has 0 saturated carbocycles. The van der Waals surface area contributed by atoms with Crippen LogP contribution in [0.2, 0.25) is 0 Å². The van der Waals surface area contributed by atoms with Crippen LogP contribution in [0.3, 0.4) is 0 Å². The summed E-state index contributed by atoms with van der Waals surface area (Å²) in [5, 5.41) is 11.5. The number of anilines is 2. The fourth-order valence-electron chi connectivity index (χ4n) is 5.40. The summed E-state index contributed by atoms with van der Waals surface area (Å²) in [6, 6.07) is 1.66. The van der Waals surface area contributed by atoms with Gasteiger partial charge in [0.05, 0.1) is 24.9 Å².